The van der Waals surface area contributed by atoms with Crippen LogP contribution in [0.5, 0.6) is 0 Å². The van der Waals surface area contributed by atoms with Gasteiger partial charge in [0.15, 0.2) is 0 Å². The fourth-order valence-corrected chi connectivity index (χ4v) is 2.03. The molecule has 0 saturated heterocycles. The number of nitrogens with two attached hydrogens (primary N) is 1. The highest BCUT2D eigenvalue weighted by Gasteiger charge is 1.97. The first-order valence-corrected chi connectivity index (χ1v) is 6.16. The number of nitrogen functional groups attached to an aromatic ring is 1. The highest BCUT2D eigenvalue weighted by atomic mass is 127. The number of halogens is 1. The van der Waals surface area contributed by atoms with Crippen molar-refractivity contribution in [3.63, 3.8) is 0 Å². The van der Waals surface area contributed by atoms with Crippen molar-refractivity contribution < 1.29 is 0 Å². The minimum Gasteiger partial charge on any atom is -0.398 e. The molecule has 3 N–H and O–H groups in total. The maximum atomic E-state index is 5.87. The SMILES string of the molecule is Nc1ccccc1CNc1cccc(I)c1. The fourth-order valence-electron chi connectivity index (χ4n) is 1.49. The largest absolute Gasteiger partial charge is 0.398 e. The van der Waals surface area contributed by atoms with E-state index in [-0.39, 0.29) is 0 Å². The lowest BCUT2D eigenvalue weighted by Crippen LogP contribution is -2.02. The van der Waals surface area contributed by atoms with Gasteiger partial charge in [0.05, 0.1) is 0 Å². The fraction of sp³-hybridized carbons (Fsp3) is 0.0769. The summed E-state index contributed by atoms with van der Waals surface area (Å²) in [5.74, 6) is 0. The average molecular weight is 324 g/mol. The predicted molar refractivity (Wildman–Crippen MR) is 77.3 cm³/mol. The zero-order chi connectivity index (χ0) is 11.4. The van der Waals surface area contributed by atoms with Crippen LogP contribution in [0.1, 0.15) is 5.56 Å². The molecule has 82 valence electrons. The van der Waals surface area contributed by atoms with Gasteiger partial charge in [-0.05, 0) is 52.4 Å². The molecule has 2 aromatic carbocycles. The molecule has 0 spiro atoms. The molecule has 0 aliphatic carbocycles. The zero-order valence-corrected chi connectivity index (χ0v) is 10.9. The summed E-state index contributed by atoms with van der Waals surface area (Å²) in [5, 5.41) is 3.36. The van der Waals surface area contributed by atoms with Crippen LogP contribution in [0.15, 0.2) is 48.5 Å². The van der Waals surface area contributed by atoms with Gasteiger partial charge in [0.25, 0.3) is 0 Å². The van der Waals surface area contributed by atoms with E-state index < -0.39 is 0 Å². The van der Waals surface area contributed by atoms with Gasteiger partial charge in [-0.15, -0.1) is 0 Å². The lowest BCUT2D eigenvalue weighted by Gasteiger charge is -2.08. The van der Waals surface area contributed by atoms with Gasteiger partial charge in [0, 0.05) is 21.5 Å². The van der Waals surface area contributed by atoms with Gasteiger partial charge in [0.1, 0.15) is 0 Å². The summed E-state index contributed by atoms with van der Waals surface area (Å²) in [7, 11) is 0. The van der Waals surface area contributed by atoms with Crippen LogP contribution in [-0.2, 0) is 6.54 Å². The first-order valence-electron chi connectivity index (χ1n) is 5.08. The van der Waals surface area contributed by atoms with Crippen molar-refractivity contribution in [1.82, 2.24) is 0 Å². The minimum atomic E-state index is 0.757. The molecule has 0 aliphatic heterocycles. The van der Waals surface area contributed by atoms with Crippen molar-refractivity contribution in [2.75, 3.05) is 11.1 Å². The van der Waals surface area contributed by atoms with Crippen LogP contribution in [0, 0.1) is 3.57 Å². The van der Waals surface area contributed by atoms with Crippen molar-refractivity contribution >= 4 is 34.0 Å². The van der Waals surface area contributed by atoms with Gasteiger partial charge < -0.3 is 11.1 Å². The smallest absolute Gasteiger partial charge is 0.0421 e. The summed E-state index contributed by atoms with van der Waals surface area (Å²) in [5.41, 5.74) is 8.95. The minimum absolute atomic E-state index is 0.757. The van der Waals surface area contributed by atoms with Gasteiger partial charge in [0.2, 0.25) is 0 Å². The molecule has 0 saturated carbocycles. The van der Waals surface area contributed by atoms with Crippen LogP contribution in [0.2, 0.25) is 0 Å². The monoisotopic (exact) mass is 324 g/mol. The van der Waals surface area contributed by atoms with Crippen LogP contribution < -0.4 is 11.1 Å². The first-order chi connectivity index (χ1) is 7.75. The van der Waals surface area contributed by atoms with Gasteiger partial charge >= 0.3 is 0 Å². The van der Waals surface area contributed by atoms with Crippen molar-refractivity contribution in [1.29, 1.82) is 0 Å². The summed E-state index contributed by atoms with van der Waals surface area (Å²) >= 11 is 2.30. The second-order valence-corrected chi connectivity index (χ2v) is 4.81. The Morgan fingerprint density at radius 3 is 2.62 bits per heavy atom. The number of hydrogen-bond acceptors (Lipinski definition) is 2. The van der Waals surface area contributed by atoms with E-state index in [9.17, 15) is 0 Å². The van der Waals surface area contributed by atoms with Crippen LogP contribution in [0.25, 0.3) is 0 Å². The molecule has 2 nitrogen and oxygen atoms in total. The molecule has 2 rings (SSSR count). The van der Waals surface area contributed by atoms with Crippen LogP contribution in [-0.4, -0.2) is 0 Å². The molecule has 0 aliphatic rings. The quantitative estimate of drug-likeness (QED) is 0.670. The summed E-state index contributed by atoms with van der Waals surface area (Å²) in [6.07, 6.45) is 0. The summed E-state index contributed by atoms with van der Waals surface area (Å²) in [6.45, 7) is 0.757. The van der Waals surface area contributed by atoms with Crippen molar-refractivity contribution in [2.45, 2.75) is 6.54 Å². The van der Waals surface area contributed by atoms with E-state index in [4.69, 9.17) is 5.73 Å². The van der Waals surface area contributed by atoms with Gasteiger partial charge in [-0.25, -0.2) is 0 Å². The molecular weight excluding hydrogens is 311 g/mol. The maximum absolute atomic E-state index is 5.87. The van der Waals surface area contributed by atoms with E-state index in [0.717, 1.165) is 23.5 Å². The van der Waals surface area contributed by atoms with E-state index in [1.165, 1.54) is 3.57 Å². The molecule has 0 heterocycles. The Balaban J connectivity index is 2.05. The molecular formula is C13H13IN2. The van der Waals surface area contributed by atoms with Crippen LogP contribution >= 0.6 is 22.6 Å². The second kappa shape index (κ2) is 5.21. The Morgan fingerprint density at radius 1 is 1.06 bits per heavy atom. The van der Waals surface area contributed by atoms with Gasteiger partial charge in [-0.3, -0.25) is 0 Å². The van der Waals surface area contributed by atoms with Crippen molar-refractivity contribution in [3.05, 3.63) is 57.7 Å². The highest BCUT2D eigenvalue weighted by Crippen LogP contribution is 2.16. The number of anilines is 2. The molecule has 0 amide bonds. The molecule has 0 bridgehead atoms. The number of para-hydroxylation sites is 1. The third kappa shape index (κ3) is 2.88. The average Bonchev–Trinajstić information content (AvgIpc) is 2.28. The summed E-state index contributed by atoms with van der Waals surface area (Å²) in [4.78, 5) is 0. The number of hydrogen-bond donors (Lipinski definition) is 2. The molecule has 16 heavy (non-hydrogen) atoms. The van der Waals surface area contributed by atoms with Crippen LogP contribution in [0.3, 0.4) is 0 Å². The number of benzene rings is 2. The van der Waals surface area contributed by atoms with Crippen LogP contribution in [0.4, 0.5) is 11.4 Å². The molecule has 0 aromatic heterocycles. The van der Waals surface area contributed by atoms with E-state index in [1.54, 1.807) is 0 Å². The standard InChI is InChI=1S/C13H13IN2/c14-11-5-3-6-12(8-11)16-9-10-4-1-2-7-13(10)15/h1-8,16H,9,15H2. The Bertz CT molecular complexity index is 483. The summed E-state index contributed by atoms with van der Waals surface area (Å²) in [6, 6.07) is 16.2. The van der Waals surface area contributed by atoms with Gasteiger partial charge in [-0.1, -0.05) is 24.3 Å². The Morgan fingerprint density at radius 2 is 1.88 bits per heavy atom. The third-order valence-electron chi connectivity index (χ3n) is 2.36. The molecule has 0 atom stereocenters. The third-order valence-corrected chi connectivity index (χ3v) is 3.03. The van der Waals surface area contributed by atoms with Crippen molar-refractivity contribution in [2.24, 2.45) is 0 Å². The predicted octanol–water partition coefficient (Wildman–Crippen LogP) is 3.49. The molecule has 2 aromatic rings. The van der Waals surface area contributed by atoms with E-state index in [1.807, 2.05) is 30.3 Å². The lowest BCUT2D eigenvalue weighted by atomic mass is 10.2. The maximum Gasteiger partial charge on any atom is 0.0421 e. The molecule has 0 unspecified atom stereocenters. The number of rotatable bonds is 3. The lowest BCUT2D eigenvalue weighted by molar-refractivity contribution is 1.15. The number of nitrogens with one attached hydrogen (secondary N) is 1. The normalized spacial score (nSPS) is 10.1. The van der Waals surface area contributed by atoms with E-state index >= 15 is 0 Å². The van der Waals surface area contributed by atoms with Crippen molar-refractivity contribution in [3.8, 4) is 0 Å². The first kappa shape index (κ1) is 11.3. The Labute approximate surface area is 109 Å². The van der Waals surface area contributed by atoms with E-state index in [0.29, 0.717) is 0 Å². The Kier molecular flexibility index (Phi) is 3.66. The molecule has 3 heteroatoms. The second-order valence-electron chi connectivity index (χ2n) is 3.56. The topological polar surface area (TPSA) is 38.0 Å². The Hall–Kier alpha value is -1.23. The summed E-state index contributed by atoms with van der Waals surface area (Å²) < 4.78 is 1.23. The molecule has 0 fully saturated rings. The highest BCUT2D eigenvalue weighted by molar-refractivity contribution is 14.1. The van der Waals surface area contributed by atoms with Gasteiger partial charge in [-0.2, -0.15) is 0 Å². The zero-order valence-electron chi connectivity index (χ0n) is 8.78. The molecule has 0 radical (unpaired) electrons. The van der Waals surface area contributed by atoms with E-state index in [2.05, 4.69) is 46.1 Å².